The second kappa shape index (κ2) is 13.4. The Morgan fingerprint density at radius 1 is 1.03 bits per heavy atom. The zero-order valence-electron chi connectivity index (χ0n) is 21.8. The van der Waals surface area contributed by atoms with Crippen molar-refractivity contribution >= 4 is 27.5 Å². The van der Waals surface area contributed by atoms with E-state index < -0.39 is 21.9 Å². The summed E-state index contributed by atoms with van der Waals surface area (Å²) in [4.78, 5) is 28.0. The van der Waals surface area contributed by atoms with E-state index in [1.807, 2.05) is 52.0 Å². The SMILES string of the molecule is CC[C@@H](C)NC(=O)[C@H](CC)N(Cc1ccc(C)cc1)C(=O)CCCN(c1ccccc1F)S(C)(=O)=O. The predicted octanol–water partition coefficient (Wildman–Crippen LogP) is 4.40. The molecule has 198 valence electrons. The first-order valence-electron chi connectivity index (χ1n) is 12.4. The quantitative estimate of drug-likeness (QED) is 0.425. The van der Waals surface area contributed by atoms with Gasteiger partial charge in [-0.05, 0) is 50.8 Å². The highest BCUT2D eigenvalue weighted by atomic mass is 32.2. The molecule has 0 saturated heterocycles. The number of carbonyl (C=O) groups excluding carboxylic acids is 2. The van der Waals surface area contributed by atoms with E-state index in [0.29, 0.717) is 6.42 Å². The number of anilines is 1. The molecule has 2 rings (SSSR count). The Labute approximate surface area is 214 Å². The van der Waals surface area contributed by atoms with Gasteiger partial charge in [0.15, 0.2) is 0 Å². The van der Waals surface area contributed by atoms with E-state index in [-0.39, 0.29) is 49.5 Å². The van der Waals surface area contributed by atoms with Gasteiger partial charge in [-0.3, -0.25) is 13.9 Å². The van der Waals surface area contributed by atoms with Crippen LogP contribution in [0.1, 0.15) is 57.6 Å². The zero-order valence-corrected chi connectivity index (χ0v) is 22.6. The Morgan fingerprint density at radius 3 is 2.22 bits per heavy atom. The van der Waals surface area contributed by atoms with Gasteiger partial charge in [-0.1, -0.05) is 55.8 Å². The van der Waals surface area contributed by atoms with Crippen molar-refractivity contribution in [2.45, 2.75) is 72.0 Å². The lowest BCUT2D eigenvalue weighted by atomic mass is 10.1. The van der Waals surface area contributed by atoms with Gasteiger partial charge in [0.05, 0.1) is 11.9 Å². The van der Waals surface area contributed by atoms with Crippen molar-refractivity contribution in [1.82, 2.24) is 10.2 Å². The van der Waals surface area contributed by atoms with Crippen LogP contribution in [0.25, 0.3) is 0 Å². The molecule has 0 aliphatic heterocycles. The summed E-state index contributed by atoms with van der Waals surface area (Å²) in [5, 5.41) is 2.97. The first-order valence-corrected chi connectivity index (χ1v) is 14.2. The van der Waals surface area contributed by atoms with Gasteiger partial charge in [0.25, 0.3) is 0 Å². The maximum atomic E-state index is 14.3. The number of rotatable bonds is 13. The molecule has 2 aromatic carbocycles. The van der Waals surface area contributed by atoms with Crippen LogP contribution in [-0.4, -0.2) is 50.0 Å². The van der Waals surface area contributed by atoms with Crippen LogP contribution in [0, 0.1) is 12.7 Å². The summed E-state index contributed by atoms with van der Waals surface area (Å²) in [5.74, 6) is -1.12. The number of para-hydroxylation sites is 1. The van der Waals surface area contributed by atoms with Crippen molar-refractivity contribution in [1.29, 1.82) is 0 Å². The number of amides is 2. The molecule has 7 nitrogen and oxygen atoms in total. The van der Waals surface area contributed by atoms with Crippen molar-refractivity contribution in [3.8, 4) is 0 Å². The molecule has 0 bridgehead atoms. The topological polar surface area (TPSA) is 86.8 Å². The van der Waals surface area contributed by atoms with Gasteiger partial charge in [0.2, 0.25) is 21.8 Å². The van der Waals surface area contributed by atoms with Crippen molar-refractivity contribution in [2.75, 3.05) is 17.1 Å². The largest absolute Gasteiger partial charge is 0.352 e. The molecule has 36 heavy (non-hydrogen) atoms. The van der Waals surface area contributed by atoms with Crippen molar-refractivity contribution in [2.24, 2.45) is 0 Å². The third-order valence-electron chi connectivity index (χ3n) is 6.13. The first kappa shape index (κ1) is 29.3. The van der Waals surface area contributed by atoms with E-state index >= 15 is 0 Å². The molecule has 0 aliphatic carbocycles. The fourth-order valence-corrected chi connectivity index (χ4v) is 4.85. The maximum Gasteiger partial charge on any atom is 0.243 e. The lowest BCUT2D eigenvalue weighted by Gasteiger charge is -2.32. The summed E-state index contributed by atoms with van der Waals surface area (Å²) in [6, 6.07) is 12.7. The maximum absolute atomic E-state index is 14.3. The average Bonchev–Trinajstić information content (AvgIpc) is 2.82. The Balaban J connectivity index is 2.23. The van der Waals surface area contributed by atoms with Gasteiger partial charge in [-0.2, -0.15) is 0 Å². The Hall–Kier alpha value is -2.94. The molecule has 0 aliphatic rings. The minimum absolute atomic E-state index is 0.0133. The van der Waals surface area contributed by atoms with Gasteiger partial charge in [0.1, 0.15) is 11.9 Å². The minimum Gasteiger partial charge on any atom is -0.352 e. The van der Waals surface area contributed by atoms with Crippen LogP contribution in [0.2, 0.25) is 0 Å². The molecular weight excluding hydrogens is 481 g/mol. The number of sulfonamides is 1. The molecule has 0 fully saturated rings. The lowest BCUT2D eigenvalue weighted by molar-refractivity contribution is -0.141. The molecule has 0 radical (unpaired) electrons. The number of hydrogen-bond acceptors (Lipinski definition) is 4. The highest BCUT2D eigenvalue weighted by molar-refractivity contribution is 7.92. The van der Waals surface area contributed by atoms with Crippen LogP contribution in [0.5, 0.6) is 0 Å². The van der Waals surface area contributed by atoms with Crippen LogP contribution in [0.4, 0.5) is 10.1 Å². The number of hydrogen-bond donors (Lipinski definition) is 1. The van der Waals surface area contributed by atoms with Crippen LogP contribution in [0.15, 0.2) is 48.5 Å². The van der Waals surface area contributed by atoms with Crippen molar-refractivity contribution < 1.29 is 22.4 Å². The summed E-state index contributed by atoms with van der Waals surface area (Å²) < 4.78 is 40.0. The normalized spacial score (nSPS) is 13.1. The van der Waals surface area contributed by atoms with Gasteiger partial charge >= 0.3 is 0 Å². The number of nitrogens with zero attached hydrogens (tertiary/aromatic N) is 2. The fourth-order valence-electron chi connectivity index (χ4n) is 3.89. The summed E-state index contributed by atoms with van der Waals surface area (Å²) in [7, 11) is -3.76. The van der Waals surface area contributed by atoms with Gasteiger partial charge < -0.3 is 10.2 Å². The Kier molecular flexibility index (Phi) is 10.9. The monoisotopic (exact) mass is 519 g/mol. The summed E-state index contributed by atoms with van der Waals surface area (Å²) in [5.41, 5.74) is 1.93. The zero-order chi connectivity index (χ0) is 26.9. The summed E-state index contributed by atoms with van der Waals surface area (Å²) >= 11 is 0. The number of carbonyl (C=O) groups is 2. The molecule has 1 N–H and O–H groups in total. The molecule has 0 aromatic heterocycles. The van der Waals surface area contributed by atoms with E-state index in [1.54, 1.807) is 11.0 Å². The molecule has 2 atom stereocenters. The molecule has 2 aromatic rings. The summed E-state index contributed by atoms with van der Waals surface area (Å²) in [6.45, 7) is 7.93. The van der Waals surface area contributed by atoms with E-state index in [2.05, 4.69) is 5.32 Å². The van der Waals surface area contributed by atoms with Crippen molar-refractivity contribution in [3.63, 3.8) is 0 Å². The van der Waals surface area contributed by atoms with Crippen molar-refractivity contribution in [3.05, 3.63) is 65.5 Å². The van der Waals surface area contributed by atoms with Crippen LogP contribution in [-0.2, 0) is 26.2 Å². The van der Waals surface area contributed by atoms with Gasteiger partial charge in [-0.15, -0.1) is 0 Å². The standard InChI is InChI=1S/C27H38FN3O4S/c1-6-21(4)29-27(33)24(7-2)30(19-22-16-14-20(3)15-17-22)26(32)13-10-18-31(36(5,34)35)25-12-9-8-11-23(25)28/h8-9,11-12,14-17,21,24H,6-7,10,13,18-19H2,1-5H3,(H,29,33)/t21-,24+/m1/s1. The first-order chi connectivity index (χ1) is 17.0. The molecule has 2 amide bonds. The second-order valence-electron chi connectivity index (χ2n) is 9.14. The summed E-state index contributed by atoms with van der Waals surface area (Å²) in [6.07, 6.45) is 2.40. The number of halogens is 1. The van der Waals surface area contributed by atoms with Gasteiger partial charge in [-0.25, -0.2) is 12.8 Å². The van der Waals surface area contributed by atoms with Crippen LogP contribution >= 0.6 is 0 Å². The number of nitrogens with one attached hydrogen (secondary N) is 1. The van der Waals surface area contributed by atoms with E-state index in [1.165, 1.54) is 18.2 Å². The fraction of sp³-hybridized carbons (Fsp3) is 0.481. The Bertz CT molecular complexity index is 1120. The second-order valence-corrected chi connectivity index (χ2v) is 11.0. The molecule has 0 spiro atoms. The third-order valence-corrected chi connectivity index (χ3v) is 7.31. The molecule has 0 heterocycles. The van der Waals surface area contributed by atoms with E-state index in [0.717, 1.165) is 28.1 Å². The minimum atomic E-state index is -3.76. The predicted molar refractivity (Wildman–Crippen MR) is 142 cm³/mol. The van der Waals surface area contributed by atoms with E-state index in [9.17, 15) is 22.4 Å². The highest BCUT2D eigenvalue weighted by Crippen LogP contribution is 2.22. The third kappa shape index (κ3) is 8.33. The molecule has 0 unspecified atom stereocenters. The lowest BCUT2D eigenvalue weighted by Crippen LogP contribution is -2.50. The Morgan fingerprint density at radius 2 is 1.67 bits per heavy atom. The molecular formula is C27H38FN3O4S. The van der Waals surface area contributed by atoms with Crippen LogP contribution in [0.3, 0.4) is 0 Å². The average molecular weight is 520 g/mol. The molecule has 0 saturated carbocycles. The number of benzene rings is 2. The van der Waals surface area contributed by atoms with Crippen LogP contribution < -0.4 is 9.62 Å². The van der Waals surface area contributed by atoms with E-state index in [4.69, 9.17) is 0 Å². The van der Waals surface area contributed by atoms with Gasteiger partial charge in [0, 0.05) is 25.6 Å². The number of aryl methyl sites for hydroxylation is 1. The smallest absolute Gasteiger partial charge is 0.243 e. The highest BCUT2D eigenvalue weighted by Gasteiger charge is 2.29. The molecule has 9 heteroatoms.